The van der Waals surface area contributed by atoms with Crippen LogP contribution in [0.5, 0.6) is 0 Å². The predicted molar refractivity (Wildman–Crippen MR) is 98.7 cm³/mol. The topological polar surface area (TPSA) is 88.8 Å². The molecule has 0 aliphatic heterocycles. The fourth-order valence-corrected chi connectivity index (χ4v) is 2.90. The minimum Gasteiger partial charge on any atom is -0.378 e. The molecule has 2 rings (SSSR count). The van der Waals surface area contributed by atoms with Crippen LogP contribution in [0.1, 0.15) is 44.1 Å². The number of ether oxygens (including phenoxy) is 1. The molecule has 0 spiro atoms. The van der Waals surface area contributed by atoms with Gasteiger partial charge in [-0.05, 0) is 24.8 Å². The van der Waals surface area contributed by atoms with Gasteiger partial charge in [-0.3, -0.25) is 15.1 Å². The highest BCUT2D eigenvalue weighted by Crippen LogP contribution is 2.20. The molecule has 1 aliphatic rings. The van der Waals surface area contributed by atoms with Gasteiger partial charge in [-0.15, -0.1) is 0 Å². The van der Waals surface area contributed by atoms with Crippen LogP contribution in [0.2, 0.25) is 0 Å². The fourth-order valence-electron chi connectivity index (χ4n) is 2.90. The molecule has 2 N–H and O–H groups in total. The van der Waals surface area contributed by atoms with Gasteiger partial charge in [-0.1, -0.05) is 31.4 Å². The molecular formula is C18H28N4O3. The molecule has 0 aromatic heterocycles. The third-order valence-corrected chi connectivity index (χ3v) is 4.35. The lowest BCUT2D eigenvalue weighted by molar-refractivity contribution is -0.384. The molecule has 25 heavy (non-hydrogen) atoms. The number of non-ortho nitro benzene ring substituents is 1. The van der Waals surface area contributed by atoms with Crippen molar-refractivity contribution in [2.45, 2.75) is 51.2 Å². The highest BCUT2D eigenvalue weighted by atomic mass is 16.6. The number of nitro groups is 1. The molecular weight excluding hydrogens is 320 g/mol. The van der Waals surface area contributed by atoms with Gasteiger partial charge < -0.3 is 15.4 Å². The first-order chi connectivity index (χ1) is 12.2. The summed E-state index contributed by atoms with van der Waals surface area (Å²) >= 11 is 0. The van der Waals surface area contributed by atoms with Gasteiger partial charge in [0.15, 0.2) is 5.96 Å². The van der Waals surface area contributed by atoms with Crippen LogP contribution in [0.4, 0.5) is 5.69 Å². The molecule has 0 bridgehead atoms. The van der Waals surface area contributed by atoms with E-state index in [2.05, 4.69) is 15.6 Å². The molecule has 0 atom stereocenters. The van der Waals surface area contributed by atoms with E-state index in [1.165, 1.54) is 44.2 Å². The van der Waals surface area contributed by atoms with Crippen molar-refractivity contribution < 1.29 is 9.66 Å². The maximum absolute atomic E-state index is 10.6. The second-order valence-electron chi connectivity index (χ2n) is 6.26. The Morgan fingerprint density at radius 3 is 2.60 bits per heavy atom. The fraction of sp³-hybridized carbons (Fsp3) is 0.611. The molecule has 7 nitrogen and oxygen atoms in total. The van der Waals surface area contributed by atoms with Crippen LogP contribution in [0.15, 0.2) is 29.3 Å². The van der Waals surface area contributed by atoms with Crippen molar-refractivity contribution in [3.63, 3.8) is 0 Å². The number of guanidine groups is 1. The number of benzene rings is 1. The van der Waals surface area contributed by atoms with Crippen molar-refractivity contribution in [1.29, 1.82) is 0 Å². The summed E-state index contributed by atoms with van der Waals surface area (Å²) in [5, 5.41) is 17.1. The van der Waals surface area contributed by atoms with Crippen LogP contribution in [0, 0.1) is 10.1 Å². The number of rotatable bonds is 8. The lowest BCUT2D eigenvalue weighted by Gasteiger charge is -2.22. The van der Waals surface area contributed by atoms with Crippen LogP contribution >= 0.6 is 0 Å². The van der Waals surface area contributed by atoms with E-state index in [-0.39, 0.29) is 5.69 Å². The Kier molecular flexibility index (Phi) is 8.18. The van der Waals surface area contributed by atoms with Gasteiger partial charge in [0.2, 0.25) is 0 Å². The molecule has 0 saturated heterocycles. The minimum atomic E-state index is -0.396. The van der Waals surface area contributed by atoms with E-state index in [1.54, 1.807) is 19.2 Å². The van der Waals surface area contributed by atoms with Gasteiger partial charge in [0.05, 0.1) is 11.0 Å². The third kappa shape index (κ3) is 7.09. The maximum atomic E-state index is 10.6. The third-order valence-electron chi connectivity index (χ3n) is 4.35. The normalized spacial score (nSPS) is 15.8. The number of hydrogen-bond acceptors (Lipinski definition) is 4. The highest BCUT2D eigenvalue weighted by molar-refractivity contribution is 5.79. The van der Waals surface area contributed by atoms with Crippen LogP contribution in [-0.4, -0.2) is 37.2 Å². The molecule has 1 aromatic rings. The molecule has 1 aliphatic carbocycles. The van der Waals surface area contributed by atoms with Crippen molar-refractivity contribution in [3.8, 4) is 0 Å². The summed E-state index contributed by atoms with van der Waals surface area (Å²) in [5.41, 5.74) is 1.07. The second-order valence-corrected chi connectivity index (χ2v) is 6.26. The summed E-state index contributed by atoms with van der Waals surface area (Å²) in [4.78, 5) is 14.4. The summed E-state index contributed by atoms with van der Waals surface area (Å²) in [6.07, 6.45) is 7.72. The van der Waals surface area contributed by atoms with Gasteiger partial charge in [-0.2, -0.15) is 0 Å². The van der Waals surface area contributed by atoms with Crippen molar-refractivity contribution in [2.75, 3.05) is 20.2 Å². The number of nitro benzene ring substituents is 1. The standard InChI is InChI=1S/C18H28N4O3/c1-19-18(20-12-5-13-25-17-6-3-2-4-7-17)21-14-15-8-10-16(11-9-15)22(23)24/h8-11,17H,2-7,12-14H2,1H3,(H2,19,20,21). The number of nitrogens with zero attached hydrogens (tertiary/aromatic N) is 2. The minimum absolute atomic E-state index is 0.101. The Balaban J connectivity index is 1.60. The first-order valence-corrected chi connectivity index (χ1v) is 8.98. The Morgan fingerprint density at radius 1 is 1.24 bits per heavy atom. The number of hydrogen-bond donors (Lipinski definition) is 2. The van der Waals surface area contributed by atoms with Gasteiger partial charge in [0, 0.05) is 38.9 Å². The van der Waals surface area contributed by atoms with Crippen molar-refractivity contribution in [3.05, 3.63) is 39.9 Å². The van der Waals surface area contributed by atoms with Gasteiger partial charge in [0.25, 0.3) is 5.69 Å². The second kappa shape index (κ2) is 10.7. The van der Waals surface area contributed by atoms with E-state index in [0.29, 0.717) is 12.6 Å². The highest BCUT2D eigenvalue weighted by Gasteiger charge is 2.13. The SMILES string of the molecule is CN=C(NCCCOC1CCCCC1)NCc1ccc([N+](=O)[O-])cc1. The van der Waals surface area contributed by atoms with Crippen LogP contribution in [0.3, 0.4) is 0 Å². The van der Waals surface area contributed by atoms with Gasteiger partial charge in [0.1, 0.15) is 0 Å². The molecule has 0 heterocycles. The molecule has 138 valence electrons. The average molecular weight is 348 g/mol. The Bertz CT molecular complexity index is 554. The van der Waals surface area contributed by atoms with E-state index in [9.17, 15) is 10.1 Å². The molecule has 1 aromatic carbocycles. The summed E-state index contributed by atoms with van der Waals surface area (Å²) in [5.74, 6) is 0.719. The quantitative estimate of drug-likeness (QED) is 0.248. The van der Waals surface area contributed by atoms with E-state index in [1.807, 2.05) is 0 Å². The predicted octanol–water partition coefficient (Wildman–Crippen LogP) is 3.00. The largest absolute Gasteiger partial charge is 0.378 e. The monoisotopic (exact) mass is 348 g/mol. The molecule has 0 amide bonds. The lowest BCUT2D eigenvalue weighted by atomic mass is 9.98. The van der Waals surface area contributed by atoms with E-state index in [0.717, 1.165) is 31.1 Å². The van der Waals surface area contributed by atoms with Crippen LogP contribution in [-0.2, 0) is 11.3 Å². The van der Waals surface area contributed by atoms with Gasteiger partial charge >= 0.3 is 0 Å². The Hall–Kier alpha value is -2.15. The molecule has 7 heteroatoms. The van der Waals surface area contributed by atoms with Gasteiger partial charge in [-0.25, -0.2) is 0 Å². The van der Waals surface area contributed by atoms with E-state index in [4.69, 9.17) is 4.74 Å². The Labute approximate surface area is 149 Å². The Morgan fingerprint density at radius 2 is 1.96 bits per heavy atom. The van der Waals surface area contributed by atoms with E-state index < -0.39 is 4.92 Å². The molecule has 0 unspecified atom stereocenters. The molecule has 1 fully saturated rings. The zero-order chi connectivity index (χ0) is 17.9. The lowest BCUT2D eigenvalue weighted by Crippen LogP contribution is -2.37. The average Bonchev–Trinajstić information content (AvgIpc) is 2.65. The summed E-state index contributed by atoms with van der Waals surface area (Å²) in [7, 11) is 1.73. The number of aliphatic imine (C=N–C) groups is 1. The van der Waals surface area contributed by atoms with Crippen molar-refractivity contribution in [1.82, 2.24) is 10.6 Å². The summed E-state index contributed by atoms with van der Waals surface area (Å²) < 4.78 is 5.90. The summed E-state index contributed by atoms with van der Waals surface area (Å²) in [6.45, 7) is 2.14. The first kappa shape index (κ1) is 19.2. The first-order valence-electron chi connectivity index (χ1n) is 8.98. The molecule has 1 saturated carbocycles. The van der Waals surface area contributed by atoms with Crippen LogP contribution < -0.4 is 10.6 Å². The van der Waals surface area contributed by atoms with Crippen molar-refractivity contribution >= 4 is 11.6 Å². The maximum Gasteiger partial charge on any atom is 0.269 e. The smallest absolute Gasteiger partial charge is 0.269 e. The van der Waals surface area contributed by atoms with Crippen molar-refractivity contribution in [2.24, 2.45) is 4.99 Å². The zero-order valence-electron chi connectivity index (χ0n) is 14.9. The molecule has 0 radical (unpaired) electrons. The van der Waals surface area contributed by atoms with Crippen LogP contribution in [0.25, 0.3) is 0 Å². The summed E-state index contributed by atoms with van der Waals surface area (Å²) in [6, 6.07) is 6.51. The number of nitrogens with one attached hydrogen (secondary N) is 2. The van der Waals surface area contributed by atoms with E-state index >= 15 is 0 Å². The zero-order valence-corrected chi connectivity index (χ0v) is 14.9.